The zero-order valence-corrected chi connectivity index (χ0v) is 25.9. The molecule has 0 saturated carbocycles. The fourth-order valence-electron chi connectivity index (χ4n) is 5.80. The van der Waals surface area contributed by atoms with Gasteiger partial charge in [-0.15, -0.1) is 0 Å². The summed E-state index contributed by atoms with van der Waals surface area (Å²) in [6.07, 6.45) is 1.90. The Morgan fingerprint density at radius 3 is 2.36 bits per heavy atom. The van der Waals surface area contributed by atoms with Crippen molar-refractivity contribution in [2.45, 2.75) is 44.6 Å². The zero-order chi connectivity index (χ0) is 31.9. The average Bonchev–Trinajstić information content (AvgIpc) is 3.03. The minimum atomic E-state index is -0.951. The number of nitrogens with one attached hydrogen (secondary N) is 2. The fourth-order valence-corrected chi connectivity index (χ4v) is 6.14. The number of nitro groups is 1. The number of rotatable bonds is 10. The van der Waals surface area contributed by atoms with Crippen molar-refractivity contribution in [1.29, 1.82) is 0 Å². The molecule has 1 fully saturated rings. The molecule has 234 valence electrons. The molecule has 0 radical (unpaired) electrons. The number of piperidine rings is 1. The van der Waals surface area contributed by atoms with Crippen LogP contribution in [0.5, 0.6) is 0 Å². The van der Waals surface area contributed by atoms with Crippen LogP contribution < -0.4 is 10.6 Å². The van der Waals surface area contributed by atoms with Gasteiger partial charge in [0.15, 0.2) is 5.11 Å². The monoisotopic (exact) mass is 623 g/mol. The number of urea groups is 1. The van der Waals surface area contributed by atoms with E-state index in [0.29, 0.717) is 63.3 Å². The molecular formula is C31H37N5O7S. The molecule has 0 spiro atoms. The molecule has 1 atom stereocenters. The van der Waals surface area contributed by atoms with Crippen molar-refractivity contribution in [1.82, 2.24) is 20.4 Å². The fraction of sp³-hybridized carbons (Fsp3) is 0.419. The van der Waals surface area contributed by atoms with E-state index in [0.717, 1.165) is 5.56 Å². The van der Waals surface area contributed by atoms with Crippen molar-refractivity contribution < 1.29 is 28.8 Å². The van der Waals surface area contributed by atoms with Gasteiger partial charge < -0.3 is 25.0 Å². The van der Waals surface area contributed by atoms with E-state index in [1.54, 1.807) is 6.92 Å². The predicted molar refractivity (Wildman–Crippen MR) is 167 cm³/mol. The van der Waals surface area contributed by atoms with Gasteiger partial charge in [-0.25, -0.2) is 9.59 Å². The van der Waals surface area contributed by atoms with E-state index in [9.17, 15) is 24.5 Å². The summed E-state index contributed by atoms with van der Waals surface area (Å²) in [5, 5.41) is 17.1. The number of ether oxygens (including phenoxy) is 2. The molecule has 2 amide bonds. The molecule has 2 aliphatic rings. The number of benzene rings is 2. The van der Waals surface area contributed by atoms with Crippen LogP contribution in [0.25, 0.3) is 0 Å². The van der Waals surface area contributed by atoms with E-state index in [1.807, 2.05) is 37.3 Å². The van der Waals surface area contributed by atoms with Crippen molar-refractivity contribution in [3.05, 3.63) is 87.1 Å². The maximum absolute atomic E-state index is 13.5. The summed E-state index contributed by atoms with van der Waals surface area (Å²) in [6, 6.07) is 13.9. The molecule has 2 N–H and O–H groups in total. The molecule has 13 heteroatoms. The number of non-ortho nitro benzene ring substituents is 1. The first-order valence-electron chi connectivity index (χ1n) is 14.5. The Labute approximate surface area is 261 Å². The summed E-state index contributed by atoms with van der Waals surface area (Å²) in [7, 11) is 1.24. The maximum atomic E-state index is 13.5. The highest BCUT2D eigenvalue weighted by Gasteiger charge is 2.44. The Morgan fingerprint density at radius 1 is 1.11 bits per heavy atom. The second kappa shape index (κ2) is 14.4. The number of hydrogen-bond acceptors (Lipinski definition) is 9. The number of hydrogen-bond donors (Lipinski definition) is 2. The first-order valence-corrected chi connectivity index (χ1v) is 14.9. The zero-order valence-electron chi connectivity index (χ0n) is 25.0. The molecule has 2 aliphatic heterocycles. The van der Waals surface area contributed by atoms with Crippen LogP contribution in [0.4, 0.5) is 10.5 Å². The van der Waals surface area contributed by atoms with Gasteiger partial charge in [0.05, 0.1) is 29.6 Å². The number of nitrogens with zero attached hydrogens (tertiary/aromatic N) is 3. The van der Waals surface area contributed by atoms with E-state index in [4.69, 9.17) is 21.7 Å². The summed E-state index contributed by atoms with van der Waals surface area (Å²) < 4.78 is 10.5. The first-order chi connectivity index (χ1) is 21.1. The smallest absolute Gasteiger partial charge is 0.337 e. The third kappa shape index (κ3) is 6.89. The summed E-state index contributed by atoms with van der Waals surface area (Å²) in [6.45, 7) is 6.24. The van der Waals surface area contributed by atoms with Gasteiger partial charge in [-0.3, -0.25) is 19.8 Å². The molecule has 2 heterocycles. The standard InChI is InChI=1S/C31H37N5O7S/c1-4-43-28(38)31(23-9-6-5-7-10-23)15-19-34(20-16-31)18-8-17-32-29(39)35-26(22-11-13-24(14-12-22)36(40)41)25(27(37)42-3)21(2)33-30(35)44/h5-7,9-14,26H,4,8,15-20H2,1-3H3,(H,32,39)(H,33,44). The number of likely N-dealkylation sites (tertiary alicyclic amines) is 1. The molecule has 2 aromatic carbocycles. The van der Waals surface area contributed by atoms with Crippen LogP contribution in [-0.4, -0.2) is 77.7 Å². The Bertz CT molecular complexity index is 1420. The Morgan fingerprint density at radius 2 is 1.77 bits per heavy atom. The lowest BCUT2D eigenvalue weighted by atomic mass is 9.72. The number of amides is 2. The summed E-state index contributed by atoms with van der Waals surface area (Å²) in [5.41, 5.74) is 1.23. The second-order valence-electron chi connectivity index (χ2n) is 10.7. The van der Waals surface area contributed by atoms with Crippen LogP contribution in [0.15, 0.2) is 65.9 Å². The molecule has 4 rings (SSSR count). The van der Waals surface area contributed by atoms with Gasteiger partial charge in [-0.1, -0.05) is 30.3 Å². The van der Waals surface area contributed by atoms with Crippen LogP contribution in [0.1, 0.15) is 50.3 Å². The minimum absolute atomic E-state index is 0.0863. The quantitative estimate of drug-likeness (QED) is 0.131. The minimum Gasteiger partial charge on any atom is -0.466 e. The van der Waals surface area contributed by atoms with Crippen molar-refractivity contribution >= 4 is 41.0 Å². The van der Waals surface area contributed by atoms with Crippen molar-refractivity contribution in [2.75, 3.05) is 39.9 Å². The lowest BCUT2D eigenvalue weighted by Crippen LogP contribution is -2.54. The second-order valence-corrected chi connectivity index (χ2v) is 11.1. The Hall–Kier alpha value is -4.36. The molecule has 0 aromatic heterocycles. The third-order valence-electron chi connectivity index (χ3n) is 8.12. The molecule has 0 bridgehead atoms. The number of thiocarbonyl (C=S) groups is 1. The number of esters is 2. The van der Waals surface area contributed by atoms with Gasteiger partial charge in [0, 0.05) is 24.4 Å². The highest BCUT2D eigenvalue weighted by atomic mass is 32.1. The lowest BCUT2D eigenvalue weighted by Gasteiger charge is -2.40. The lowest BCUT2D eigenvalue weighted by molar-refractivity contribution is -0.384. The summed E-state index contributed by atoms with van der Waals surface area (Å²) in [4.78, 5) is 53.5. The van der Waals surface area contributed by atoms with Gasteiger partial charge in [0.25, 0.3) is 5.69 Å². The summed E-state index contributed by atoms with van der Waals surface area (Å²) in [5.74, 6) is -0.847. The van der Waals surface area contributed by atoms with E-state index in [2.05, 4.69) is 15.5 Å². The van der Waals surface area contributed by atoms with Crippen LogP contribution >= 0.6 is 12.2 Å². The van der Waals surface area contributed by atoms with Crippen LogP contribution in [0.2, 0.25) is 0 Å². The third-order valence-corrected chi connectivity index (χ3v) is 8.42. The molecule has 12 nitrogen and oxygen atoms in total. The largest absolute Gasteiger partial charge is 0.466 e. The van der Waals surface area contributed by atoms with Crippen molar-refractivity contribution in [3.63, 3.8) is 0 Å². The van der Waals surface area contributed by atoms with Gasteiger partial charge in [0.2, 0.25) is 0 Å². The highest BCUT2D eigenvalue weighted by Crippen LogP contribution is 2.37. The molecule has 44 heavy (non-hydrogen) atoms. The van der Waals surface area contributed by atoms with Crippen LogP contribution in [-0.2, 0) is 24.5 Å². The topological polar surface area (TPSA) is 143 Å². The van der Waals surface area contributed by atoms with E-state index in [1.165, 1.54) is 36.3 Å². The molecule has 0 aliphatic carbocycles. The predicted octanol–water partition coefficient (Wildman–Crippen LogP) is 3.97. The van der Waals surface area contributed by atoms with Gasteiger partial charge in [-0.2, -0.15) is 0 Å². The van der Waals surface area contributed by atoms with E-state index < -0.39 is 28.4 Å². The number of carbonyl (C=O) groups is 3. The van der Waals surface area contributed by atoms with Crippen molar-refractivity contribution in [3.8, 4) is 0 Å². The maximum Gasteiger partial charge on any atom is 0.337 e. The SMILES string of the molecule is CCOC(=O)C1(c2ccccc2)CCN(CCCNC(=O)N2C(=S)NC(C)=C(C(=O)OC)C2c2ccc([N+](=O)[O-])cc2)CC1. The van der Waals surface area contributed by atoms with Crippen LogP contribution in [0, 0.1) is 10.1 Å². The average molecular weight is 624 g/mol. The van der Waals surface area contributed by atoms with E-state index >= 15 is 0 Å². The van der Waals surface area contributed by atoms with Gasteiger partial charge >= 0.3 is 18.0 Å². The van der Waals surface area contributed by atoms with Crippen molar-refractivity contribution in [2.24, 2.45) is 0 Å². The first kappa shape index (κ1) is 32.6. The van der Waals surface area contributed by atoms with Gasteiger partial charge in [0.1, 0.15) is 6.04 Å². The molecule has 2 aromatic rings. The Kier molecular flexibility index (Phi) is 10.7. The number of methoxy groups -OCH3 is 1. The van der Waals surface area contributed by atoms with Gasteiger partial charge in [-0.05, 0) is 88.2 Å². The number of allylic oxidation sites excluding steroid dienone is 1. The summed E-state index contributed by atoms with van der Waals surface area (Å²) >= 11 is 5.50. The van der Waals surface area contributed by atoms with E-state index in [-0.39, 0.29) is 22.3 Å². The number of nitro benzene ring substituents is 1. The Balaban J connectivity index is 1.40. The normalized spacial score (nSPS) is 18.3. The number of carbonyl (C=O) groups excluding carboxylic acids is 3. The molecule has 1 saturated heterocycles. The molecular weight excluding hydrogens is 586 g/mol. The highest BCUT2D eigenvalue weighted by molar-refractivity contribution is 7.80. The molecule has 1 unspecified atom stereocenters. The van der Waals surface area contributed by atoms with Crippen LogP contribution in [0.3, 0.4) is 0 Å².